The zero-order valence-corrected chi connectivity index (χ0v) is 16.9. The fourth-order valence-electron chi connectivity index (χ4n) is 3.33. The highest BCUT2D eigenvalue weighted by Gasteiger charge is 2.23. The van der Waals surface area contributed by atoms with Crippen molar-refractivity contribution in [3.63, 3.8) is 0 Å². The van der Waals surface area contributed by atoms with Crippen molar-refractivity contribution in [3.8, 4) is 0 Å². The molecule has 2 aromatic heterocycles. The number of rotatable bonds is 7. The molecule has 3 rings (SSSR count). The van der Waals surface area contributed by atoms with Crippen molar-refractivity contribution in [2.75, 3.05) is 13.2 Å². The van der Waals surface area contributed by atoms with Crippen LogP contribution in [0.4, 0.5) is 0 Å². The van der Waals surface area contributed by atoms with E-state index in [9.17, 15) is 14.4 Å². The molecule has 0 amide bonds. The Morgan fingerprint density at radius 1 is 1.10 bits per heavy atom. The fraction of sp³-hybridized carbons (Fsp3) is 0.318. The Kier molecular flexibility index (Phi) is 5.87. The molecule has 0 unspecified atom stereocenters. The molecule has 0 fully saturated rings. The van der Waals surface area contributed by atoms with Crippen LogP contribution >= 0.6 is 0 Å². The zero-order valence-electron chi connectivity index (χ0n) is 16.9. The van der Waals surface area contributed by atoms with E-state index in [1.807, 2.05) is 25.1 Å². The lowest BCUT2D eigenvalue weighted by Gasteiger charge is -2.05. The molecule has 0 bridgehead atoms. The molecule has 1 aromatic carbocycles. The van der Waals surface area contributed by atoms with Gasteiger partial charge in [-0.15, -0.1) is 0 Å². The van der Waals surface area contributed by atoms with Crippen LogP contribution in [0.15, 0.2) is 28.9 Å². The summed E-state index contributed by atoms with van der Waals surface area (Å²) in [4.78, 5) is 39.6. The van der Waals surface area contributed by atoms with E-state index in [0.29, 0.717) is 28.0 Å². The number of fused-ring (bicyclic) bond motifs is 1. The first-order valence-electron chi connectivity index (χ1n) is 9.33. The molecule has 0 aliphatic heterocycles. The number of carbonyl (C=O) groups excluding carboxylic acids is 3. The monoisotopic (exact) mass is 397 g/mol. The van der Waals surface area contributed by atoms with Crippen LogP contribution in [0.5, 0.6) is 0 Å². The first-order valence-corrected chi connectivity index (χ1v) is 9.33. The zero-order chi connectivity index (χ0) is 21.1. The van der Waals surface area contributed by atoms with Crippen molar-refractivity contribution < 1.29 is 28.3 Å². The summed E-state index contributed by atoms with van der Waals surface area (Å²) in [5.74, 6) is -1.43. The van der Waals surface area contributed by atoms with Crippen molar-refractivity contribution >= 4 is 28.7 Å². The number of aromatic amines is 1. The third kappa shape index (κ3) is 4.23. The predicted octanol–water partition coefficient (Wildman–Crippen LogP) is 3.83. The molecule has 2 heterocycles. The van der Waals surface area contributed by atoms with Crippen LogP contribution in [0.25, 0.3) is 11.0 Å². The maximum absolute atomic E-state index is 12.6. The molecule has 0 aliphatic rings. The first kappa shape index (κ1) is 20.4. The summed E-state index contributed by atoms with van der Waals surface area (Å²) in [6, 6.07) is 5.73. The minimum Gasteiger partial charge on any atom is -0.464 e. The van der Waals surface area contributed by atoms with Gasteiger partial charge in [0, 0.05) is 22.2 Å². The molecule has 0 spiro atoms. The number of aromatic nitrogens is 1. The normalized spacial score (nSPS) is 10.9. The van der Waals surface area contributed by atoms with E-state index in [2.05, 4.69) is 4.98 Å². The number of ketones is 1. The average Bonchev–Trinajstić information content (AvgIpc) is 3.20. The number of benzene rings is 1. The number of carbonyl (C=O) groups is 3. The molecular formula is C22H23NO6. The van der Waals surface area contributed by atoms with Crippen molar-refractivity contribution in [1.82, 2.24) is 4.98 Å². The molecule has 29 heavy (non-hydrogen) atoms. The second kappa shape index (κ2) is 8.34. The summed E-state index contributed by atoms with van der Waals surface area (Å²) < 4.78 is 15.6. The van der Waals surface area contributed by atoms with E-state index < -0.39 is 18.5 Å². The second-order valence-corrected chi connectivity index (χ2v) is 6.87. The SMILES string of the molecule is CCOC(=O)c1[nH]c(C)c(C(=O)COC(=O)Cc2coc3cc(C)ccc23)c1C. The predicted molar refractivity (Wildman–Crippen MR) is 106 cm³/mol. The number of hydrogen-bond acceptors (Lipinski definition) is 6. The van der Waals surface area contributed by atoms with Crippen molar-refractivity contribution in [3.05, 3.63) is 58.1 Å². The largest absolute Gasteiger partial charge is 0.464 e. The van der Waals surface area contributed by atoms with E-state index in [1.54, 1.807) is 20.8 Å². The van der Waals surface area contributed by atoms with E-state index >= 15 is 0 Å². The molecule has 1 N–H and O–H groups in total. The van der Waals surface area contributed by atoms with Gasteiger partial charge in [0.1, 0.15) is 11.3 Å². The number of H-pyrrole nitrogens is 1. The van der Waals surface area contributed by atoms with E-state index in [1.165, 1.54) is 6.26 Å². The van der Waals surface area contributed by atoms with Gasteiger partial charge in [0.05, 0.1) is 19.3 Å². The number of esters is 2. The lowest BCUT2D eigenvalue weighted by molar-refractivity contribution is -0.141. The Bertz CT molecular complexity index is 1090. The summed E-state index contributed by atoms with van der Waals surface area (Å²) in [5.41, 5.74) is 4.06. The van der Waals surface area contributed by atoms with Gasteiger partial charge in [-0.05, 0) is 44.9 Å². The highest BCUT2D eigenvalue weighted by atomic mass is 16.5. The standard InChI is InChI=1S/C22H23NO6/c1-5-27-22(26)21-13(3)20(14(4)23-21)17(24)11-29-19(25)9-15-10-28-18-8-12(2)6-7-16(15)18/h6-8,10,23H,5,9,11H2,1-4H3. The number of aryl methyl sites for hydroxylation is 2. The van der Waals surface area contributed by atoms with Crippen LogP contribution in [0, 0.1) is 20.8 Å². The maximum Gasteiger partial charge on any atom is 0.355 e. The summed E-state index contributed by atoms with van der Waals surface area (Å²) in [6.45, 7) is 6.84. The summed E-state index contributed by atoms with van der Waals surface area (Å²) in [7, 11) is 0. The van der Waals surface area contributed by atoms with E-state index in [4.69, 9.17) is 13.9 Å². The second-order valence-electron chi connectivity index (χ2n) is 6.87. The Morgan fingerprint density at radius 3 is 2.59 bits per heavy atom. The van der Waals surface area contributed by atoms with E-state index in [0.717, 1.165) is 10.9 Å². The molecular weight excluding hydrogens is 374 g/mol. The van der Waals surface area contributed by atoms with Gasteiger partial charge in [-0.3, -0.25) is 9.59 Å². The minimum atomic E-state index is -0.530. The van der Waals surface area contributed by atoms with Crippen LogP contribution in [0.1, 0.15) is 50.2 Å². The Balaban J connectivity index is 1.66. The van der Waals surface area contributed by atoms with Gasteiger partial charge >= 0.3 is 11.9 Å². The third-order valence-electron chi connectivity index (χ3n) is 4.71. The summed E-state index contributed by atoms with van der Waals surface area (Å²) in [5, 5.41) is 0.843. The number of ether oxygens (including phenoxy) is 2. The van der Waals surface area contributed by atoms with Crippen LogP contribution in [-0.2, 0) is 20.7 Å². The summed E-state index contributed by atoms with van der Waals surface area (Å²) >= 11 is 0. The van der Waals surface area contributed by atoms with Gasteiger partial charge in [0.2, 0.25) is 5.78 Å². The average molecular weight is 397 g/mol. The fourth-order valence-corrected chi connectivity index (χ4v) is 3.33. The lowest BCUT2D eigenvalue weighted by Crippen LogP contribution is -2.16. The van der Waals surface area contributed by atoms with Gasteiger partial charge in [-0.2, -0.15) is 0 Å². The first-order chi connectivity index (χ1) is 13.8. The van der Waals surface area contributed by atoms with Gasteiger partial charge in [0.15, 0.2) is 6.61 Å². The molecule has 0 radical (unpaired) electrons. The van der Waals surface area contributed by atoms with Gasteiger partial charge in [-0.1, -0.05) is 12.1 Å². The Morgan fingerprint density at radius 2 is 1.86 bits per heavy atom. The van der Waals surface area contributed by atoms with Crippen LogP contribution in [0.2, 0.25) is 0 Å². The summed E-state index contributed by atoms with van der Waals surface area (Å²) in [6.07, 6.45) is 1.53. The number of nitrogens with one attached hydrogen (secondary N) is 1. The highest BCUT2D eigenvalue weighted by Crippen LogP contribution is 2.23. The molecule has 0 aliphatic carbocycles. The van der Waals surface area contributed by atoms with E-state index in [-0.39, 0.29) is 24.5 Å². The number of hydrogen-bond donors (Lipinski definition) is 1. The number of Topliss-reactive ketones (excluding diaryl/α,β-unsaturated/α-hetero) is 1. The van der Waals surface area contributed by atoms with Crippen molar-refractivity contribution in [2.24, 2.45) is 0 Å². The molecule has 0 saturated heterocycles. The topological polar surface area (TPSA) is 98.6 Å². The molecule has 0 atom stereocenters. The van der Waals surface area contributed by atoms with Gasteiger partial charge < -0.3 is 18.9 Å². The quantitative estimate of drug-likeness (QED) is 0.480. The Hall–Kier alpha value is -3.35. The van der Waals surface area contributed by atoms with Gasteiger partial charge in [-0.25, -0.2) is 4.79 Å². The number of furan rings is 1. The van der Waals surface area contributed by atoms with Crippen molar-refractivity contribution in [1.29, 1.82) is 0 Å². The van der Waals surface area contributed by atoms with Crippen molar-refractivity contribution in [2.45, 2.75) is 34.1 Å². The smallest absolute Gasteiger partial charge is 0.355 e. The van der Waals surface area contributed by atoms with Crippen LogP contribution < -0.4 is 0 Å². The molecule has 3 aromatic rings. The van der Waals surface area contributed by atoms with Crippen LogP contribution in [-0.4, -0.2) is 35.9 Å². The third-order valence-corrected chi connectivity index (χ3v) is 4.71. The lowest BCUT2D eigenvalue weighted by atomic mass is 10.1. The highest BCUT2D eigenvalue weighted by molar-refractivity contribution is 6.03. The maximum atomic E-state index is 12.6. The van der Waals surface area contributed by atoms with Crippen LogP contribution in [0.3, 0.4) is 0 Å². The molecule has 152 valence electrons. The molecule has 7 heteroatoms. The molecule has 7 nitrogen and oxygen atoms in total. The molecule has 0 saturated carbocycles. The minimum absolute atomic E-state index is 0.00250. The Labute approximate surface area is 168 Å². The van der Waals surface area contributed by atoms with Gasteiger partial charge in [0.25, 0.3) is 0 Å².